The third-order valence-electron chi connectivity index (χ3n) is 4.66. The molecule has 0 unspecified atom stereocenters. The minimum Gasteiger partial charge on any atom is -0.450 e. The molecule has 0 fully saturated rings. The van der Waals surface area contributed by atoms with Crippen LogP contribution in [0.1, 0.15) is 25.0 Å². The molecule has 2 aromatic carbocycles. The maximum atomic E-state index is 12.8. The van der Waals surface area contributed by atoms with E-state index in [4.69, 9.17) is 4.74 Å². The van der Waals surface area contributed by atoms with Gasteiger partial charge in [0.15, 0.2) is 0 Å². The van der Waals surface area contributed by atoms with Crippen molar-refractivity contribution in [3.8, 4) is 0 Å². The number of carbonyl (C=O) groups is 1. The molecule has 3 rings (SSSR count). The van der Waals surface area contributed by atoms with E-state index in [2.05, 4.69) is 21.9 Å². The molecule has 1 aliphatic rings. The zero-order valence-corrected chi connectivity index (χ0v) is 16.9. The molecule has 0 aromatic heterocycles. The van der Waals surface area contributed by atoms with E-state index in [-0.39, 0.29) is 11.5 Å². The van der Waals surface area contributed by atoms with Crippen LogP contribution in [0.15, 0.2) is 47.4 Å². The summed E-state index contributed by atoms with van der Waals surface area (Å²) in [5, 5.41) is 2.56. The number of nitrogens with one attached hydrogen (secondary N) is 2. The normalized spacial score (nSPS) is 14.2. The van der Waals surface area contributed by atoms with Gasteiger partial charge in [0.25, 0.3) is 10.0 Å². The number of sulfonamides is 1. The van der Waals surface area contributed by atoms with E-state index < -0.39 is 16.1 Å². The molecule has 7 nitrogen and oxygen atoms in total. The summed E-state index contributed by atoms with van der Waals surface area (Å²) in [7, 11) is -3.74. The van der Waals surface area contributed by atoms with Crippen molar-refractivity contribution in [2.24, 2.45) is 0 Å². The Morgan fingerprint density at radius 2 is 1.89 bits per heavy atom. The van der Waals surface area contributed by atoms with Gasteiger partial charge in [-0.3, -0.25) is 14.9 Å². The Labute approximate surface area is 165 Å². The largest absolute Gasteiger partial charge is 0.450 e. The van der Waals surface area contributed by atoms with E-state index in [0.29, 0.717) is 11.4 Å². The number of hydrogen-bond acceptors (Lipinski definition) is 5. The highest BCUT2D eigenvalue weighted by molar-refractivity contribution is 7.92. The standard InChI is InChI=1S/C20H25N3O4S/c1-3-23-11-10-15-8-9-19(12-16(15)14-23)28(25,26)22-18-7-5-6-17(13-18)21-20(24)27-4-2/h5-9,12-13,22H,3-4,10-11,14H2,1-2H3,(H,21,24). The lowest BCUT2D eigenvalue weighted by Gasteiger charge is -2.27. The van der Waals surface area contributed by atoms with Gasteiger partial charge < -0.3 is 4.74 Å². The van der Waals surface area contributed by atoms with Crippen LogP contribution in [0.2, 0.25) is 0 Å². The first kappa shape index (κ1) is 20.2. The molecule has 0 spiro atoms. The lowest BCUT2D eigenvalue weighted by molar-refractivity contribution is 0.168. The lowest BCUT2D eigenvalue weighted by Crippen LogP contribution is -2.30. The SMILES string of the molecule is CCOC(=O)Nc1cccc(NS(=O)(=O)c2ccc3c(c2)CN(CC)CC3)c1. The third-order valence-corrected chi connectivity index (χ3v) is 6.04. The number of carbonyl (C=O) groups excluding carboxylic acids is 1. The highest BCUT2D eigenvalue weighted by atomic mass is 32.2. The highest BCUT2D eigenvalue weighted by Gasteiger charge is 2.20. The minimum absolute atomic E-state index is 0.230. The van der Waals surface area contributed by atoms with E-state index in [1.807, 2.05) is 6.07 Å². The van der Waals surface area contributed by atoms with Gasteiger partial charge in [-0.1, -0.05) is 19.1 Å². The van der Waals surface area contributed by atoms with E-state index >= 15 is 0 Å². The first-order valence-corrected chi connectivity index (χ1v) is 10.8. The number of ether oxygens (including phenoxy) is 1. The second-order valence-electron chi connectivity index (χ2n) is 6.58. The van der Waals surface area contributed by atoms with Crippen LogP contribution in [0.3, 0.4) is 0 Å². The first-order chi connectivity index (χ1) is 13.4. The van der Waals surface area contributed by atoms with Crippen molar-refractivity contribution in [3.05, 3.63) is 53.6 Å². The summed E-state index contributed by atoms with van der Waals surface area (Å²) in [6.45, 7) is 6.76. The molecule has 150 valence electrons. The third kappa shape index (κ3) is 4.82. The molecule has 0 bridgehead atoms. The smallest absolute Gasteiger partial charge is 0.411 e. The van der Waals surface area contributed by atoms with Gasteiger partial charge in [-0.15, -0.1) is 0 Å². The molecule has 28 heavy (non-hydrogen) atoms. The van der Waals surface area contributed by atoms with Crippen molar-refractivity contribution in [1.82, 2.24) is 4.90 Å². The van der Waals surface area contributed by atoms with Crippen LogP contribution < -0.4 is 10.0 Å². The molecular formula is C20H25N3O4S. The van der Waals surface area contributed by atoms with Gasteiger partial charge in [-0.25, -0.2) is 13.2 Å². The van der Waals surface area contributed by atoms with Crippen LogP contribution in [0.25, 0.3) is 0 Å². The molecule has 1 amide bonds. The minimum atomic E-state index is -3.74. The summed E-state index contributed by atoms with van der Waals surface area (Å²) in [5.74, 6) is 0. The Morgan fingerprint density at radius 1 is 1.11 bits per heavy atom. The molecule has 8 heteroatoms. The van der Waals surface area contributed by atoms with Gasteiger partial charge in [0.05, 0.1) is 17.2 Å². The summed E-state index contributed by atoms with van der Waals surface area (Å²) < 4.78 is 33.1. The number of rotatable bonds is 6. The number of hydrogen-bond donors (Lipinski definition) is 2. The maximum absolute atomic E-state index is 12.8. The Balaban J connectivity index is 1.78. The van der Waals surface area contributed by atoms with Crippen LogP contribution in [0.5, 0.6) is 0 Å². The second-order valence-corrected chi connectivity index (χ2v) is 8.26. The van der Waals surface area contributed by atoms with Crippen LogP contribution >= 0.6 is 0 Å². The van der Waals surface area contributed by atoms with Gasteiger partial charge in [0.2, 0.25) is 0 Å². The van der Waals surface area contributed by atoms with E-state index in [9.17, 15) is 13.2 Å². The Morgan fingerprint density at radius 3 is 2.64 bits per heavy atom. The highest BCUT2D eigenvalue weighted by Crippen LogP contribution is 2.25. The molecule has 2 N–H and O–H groups in total. The van der Waals surface area contributed by atoms with Gasteiger partial charge in [0.1, 0.15) is 0 Å². The van der Waals surface area contributed by atoms with Crippen molar-refractivity contribution in [1.29, 1.82) is 0 Å². The zero-order valence-electron chi connectivity index (χ0n) is 16.1. The summed E-state index contributed by atoms with van der Waals surface area (Å²) in [6, 6.07) is 11.8. The molecular weight excluding hydrogens is 378 g/mol. The van der Waals surface area contributed by atoms with E-state index in [1.165, 1.54) is 5.56 Å². The number of benzene rings is 2. The predicted octanol–water partition coefficient (Wildman–Crippen LogP) is 3.43. The van der Waals surface area contributed by atoms with Gasteiger partial charge in [-0.2, -0.15) is 0 Å². The fourth-order valence-electron chi connectivity index (χ4n) is 3.19. The quantitative estimate of drug-likeness (QED) is 0.771. The maximum Gasteiger partial charge on any atom is 0.411 e. The average molecular weight is 404 g/mol. The first-order valence-electron chi connectivity index (χ1n) is 9.32. The number of amides is 1. The summed E-state index contributed by atoms with van der Waals surface area (Å²) in [6.07, 6.45) is 0.344. The fourth-order valence-corrected chi connectivity index (χ4v) is 4.29. The predicted molar refractivity (Wildman–Crippen MR) is 109 cm³/mol. The molecule has 0 atom stereocenters. The van der Waals surface area contributed by atoms with Crippen molar-refractivity contribution in [2.45, 2.75) is 31.7 Å². The Bertz CT molecular complexity index is 960. The fraction of sp³-hybridized carbons (Fsp3) is 0.350. The van der Waals surface area contributed by atoms with Crippen LogP contribution in [-0.2, 0) is 27.7 Å². The van der Waals surface area contributed by atoms with Crippen LogP contribution in [0.4, 0.5) is 16.2 Å². The van der Waals surface area contributed by atoms with Gasteiger partial charge >= 0.3 is 6.09 Å². The van der Waals surface area contributed by atoms with Gasteiger partial charge in [0, 0.05) is 18.8 Å². The Kier molecular flexibility index (Phi) is 6.21. The van der Waals surface area contributed by atoms with Crippen LogP contribution in [-0.4, -0.2) is 39.1 Å². The van der Waals surface area contributed by atoms with E-state index in [0.717, 1.165) is 31.6 Å². The molecule has 0 radical (unpaired) electrons. The Hall–Kier alpha value is -2.58. The monoisotopic (exact) mass is 403 g/mol. The molecule has 1 aliphatic heterocycles. The number of likely N-dealkylation sites (N-methyl/N-ethyl adjacent to an activating group) is 1. The number of anilines is 2. The second kappa shape index (κ2) is 8.62. The van der Waals surface area contributed by atoms with Crippen molar-refractivity contribution in [2.75, 3.05) is 29.7 Å². The van der Waals surface area contributed by atoms with Gasteiger partial charge in [-0.05, 0) is 61.3 Å². The molecule has 0 saturated heterocycles. The summed E-state index contributed by atoms with van der Waals surface area (Å²) in [5.41, 5.74) is 3.06. The molecule has 2 aromatic rings. The molecule has 0 aliphatic carbocycles. The number of nitrogens with zero attached hydrogens (tertiary/aromatic N) is 1. The van der Waals surface area contributed by atoms with Crippen molar-refractivity contribution < 1.29 is 17.9 Å². The number of fused-ring (bicyclic) bond motifs is 1. The topological polar surface area (TPSA) is 87.7 Å². The zero-order chi connectivity index (χ0) is 20.1. The summed E-state index contributed by atoms with van der Waals surface area (Å²) in [4.78, 5) is 14.1. The van der Waals surface area contributed by atoms with E-state index in [1.54, 1.807) is 43.3 Å². The molecule has 1 heterocycles. The molecule has 0 saturated carbocycles. The van der Waals surface area contributed by atoms with Crippen LogP contribution in [0, 0.1) is 0 Å². The average Bonchev–Trinajstić information content (AvgIpc) is 2.67. The van der Waals surface area contributed by atoms with Crippen molar-refractivity contribution in [3.63, 3.8) is 0 Å². The summed E-state index contributed by atoms with van der Waals surface area (Å²) >= 11 is 0. The van der Waals surface area contributed by atoms with Crippen molar-refractivity contribution >= 4 is 27.5 Å². The lowest BCUT2D eigenvalue weighted by atomic mass is 10.00.